The zero-order valence-electron chi connectivity index (χ0n) is 13.8. The molecule has 0 bridgehead atoms. The first-order valence-corrected chi connectivity index (χ1v) is 8.05. The van der Waals surface area contributed by atoms with Crippen LogP contribution in [-0.4, -0.2) is 17.5 Å². The smallest absolute Gasteiger partial charge is 0.255 e. The molecule has 0 aliphatic carbocycles. The van der Waals surface area contributed by atoms with Crippen molar-refractivity contribution >= 4 is 16.7 Å². The summed E-state index contributed by atoms with van der Waals surface area (Å²) in [6.07, 6.45) is 3.48. The van der Waals surface area contributed by atoms with Crippen molar-refractivity contribution in [2.75, 3.05) is 6.61 Å². The maximum atomic E-state index is 12.8. The van der Waals surface area contributed by atoms with Crippen LogP contribution in [0.4, 0.5) is 0 Å². The molecule has 0 aliphatic rings. The number of pyridine rings is 1. The molecule has 0 fully saturated rings. The molecule has 1 aromatic heterocycles. The zero-order valence-corrected chi connectivity index (χ0v) is 13.8. The molecule has 0 spiro atoms. The fourth-order valence-corrected chi connectivity index (χ4v) is 2.66. The summed E-state index contributed by atoms with van der Waals surface area (Å²) < 4.78 is 5.68. The fourth-order valence-electron chi connectivity index (χ4n) is 2.66. The molecule has 3 rings (SSSR count). The van der Waals surface area contributed by atoms with Gasteiger partial charge in [0.1, 0.15) is 5.75 Å². The maximum absolute atomic E-state index is 12.8. The lowest BCUT2D eigenvalue weighted by molar-refractivity contribution is 0.0936. The van der Waals surface area contributed by atoms with E-state index in [1.807, 2.05) is 62.4 Å². The first-order valence-electron chi connectivity index (χ1n) is 8.05. The van der Waals surface area contributed by atoms with E-state index in [-0.39, 0.29) is 11.9 Å². The van der Waals surface area contributed by atoms with Crippen LogP contribution in [0, 0.1) is 0 Å². The van der Waals surface area contributed by atoms with Crippen molar-refractivity contribution < 1.29 is 9.53 Å². The Hall–Kier alpha value is -2.88. The zero-order chi connectivity index (χ0) is 16.9. The van der Waals surface area contributed by atoms with Gasteiger partial charge in [-0.3, -0.25) is 9.78 Å². The Labute approximate surface area is 141 Å². The molecule has 1 unspecified atom stereocenters. The average Bonchev–Trinajstić information content (AvgIpc) is 2.62. The summed E-state index contributed by atoms with van der Waals surface area (Å²) in [7, 11) is 0. The highest BCUT2D eigenvalue weighted by Crippen LogP contribution is 2.27. The van der Waals surface area contributed by atoms with E-state index >= 15 is 0 Å². The highest BCUT2D eigenvalue weighted by Gasteiger charge is 2.17. The van der Waals surface area contributed by atoms with Gasteiger partial charge in [-0.15, -0.1) is 0 Å². The number of ether oxygens (including phenoxy) is 1. The predicted molar refractivity (Wildman–Crippen MR) is 95.2 cm³/mol. The van der Waals surface area contributed by atoms with Crippen LogP contribution in [0.2, 0.25) is 0 Å². The summed E-state index contributed by atoms with van der Waals surface area (Å²) in [6, 6.07) is 15.4. The number of rotatable bonds is 5. The number of carbonyl (C=O) groups is 1. The first kappa shape index (κ1) is 16.0. The van der Waals surface area contributed by atoms with Crippen LogP contribution in [0.3, 0.4) is 0 Å². The molecule has 0 saturated carbocycles. The van der Waals surface area contributed by atoms with Crippen molar-refractivity contribution in [3.05, 3.63) is 72.1 Å². The van der Waals surface area contributed by atoms with Crippen LogP contribution >= 0.6 is 0 Å². The van der Waals surface area contributed by atoms with Crippen molar-refractivity contribution in [1.82, 2.24) is 10.3 Å². The van der Waals surface area contributed by atoms with Gasteiger partial charge in [0.2, 0.25) is 0 Å². The van der Waals surface area contributed by atoms with Gasteiger partial charge in [-0.05, 0) is 48.4 Å². The van der Waals surface area contributed by atoms with Crippen LogP contribution in [-0.2, 0) is 0 Å². The molecule has 0 aliphatic heterocycles. The van der Waals surface area contributed by atoms with Gasteiger partial charge >= 0.3 is 0 Å². The van der Waals surface area contributed by atoms with Gasteiger partial charge in [0.05, 0.1) is 18.2 Å². The van der Waals surface area contributed by atoms with Crippen LogP contribution in [0.1, 0.15) is 35.8 Å². The van der Waals surface area contributed by atoms with Crippen molar-refractivity contribution in [2.45, 2.75) is 19.9 Å². The third-order valence-corrected chi connectivity index (χ3v) is 3.92. The number of aromatic nitrogens is 1. The standard InChI is InChI=1S/C20H20N2O2/c1-3-24-19-12-16-8-5-4-7-15(16)11-18(19)20(23)22-14(2)17-9-6-10-21-13-17/h4-14H,3H2,1-2H3,(H,22,23). The second kappa shape index (κ2) is 7.13. The van der Waals surface area contributed by atoms with Gasteiger partial charge in [-0.1, -0.05) is 30.3 Å². The molecule has 4 heteroatoms. The molecule has 1 atom stereocenters. The van der Waals surface area contributed by atoms with Crippen molar-refractivity contribution in [2.24, 2.45) is 0 Å². The Morgan fingerprint density at radius 1 is 1.17 bits per heavy atom. The first-order chi connectivity index (χ1) is 11.7. The average molecular weight is 320 g/mol. The number of nitrogens with one attached hydrogen (secondary N) is 1. The van der Waals surface area contributed by atoms with Crippen LogP contribution in [0.25, 0.3) is 10.8 Å². The van der Waals surface area contributed by atoms with E-state index in [0.29, 0.717) is 17.9 Å². The molecule has 4 nitrogen and oxygen atoms in total. The third kappa shape index (κ3) is 3.38. The van der Waals surface area contributed by atoms with E-state index in [1.54, 1.807) is 12.4 Å². The van der Waals surface area contributed by atoms with Crippen molar-refractivity contribution in [1.29, 1.82) is 0 Å². The van der Waals surface area contributed by atoms with Gasteiger partial charge in [-0.2, -0.15) is 0 Å². The van der Waals surface area contributed by atoms with E-state index in [9.17, 15) is 4.79 Å². The molecule has 2 aromatic carbocycles. The number of benzene rings is 2. The largest absolute Gasteiger partial charge is 0.493 e. The summed E-state index contributed by atoms with van der Waals surface area (Å²) in [5.74, 6) is 0.452. The second-order valence-corrected chi connectivity index (χ2v) is 5.61. The minimum Gasteiger partial charge on any atom is -0.493 e. The maximum Gasteiger partial charge on any atom is 0.255 e. The Balaban J connectivity index is 1.91. The number of fused-ring (bicyclic) bond motifs is 1. The molecule has 24 heavy (non-hydrogen) atoms. The minimum absolute atomic E-state index is 0.132. The summed E-state index contributed by atoms with van der Waals surface area (Å²) in [5.41, 5.74) is 1.51. The topological polar surface area (TPSA) is 51.2 Å². The van der Waals surface area contributed by atoms with Crippen LogP contribution in [0.15, 0.2) is 60.9 Å². The van der Waals surface area contributed by atoms with Gasteiger partial charge in [0.25, 0.3) is 5.91 Å². The molecular weight excluding hydrogens is 300 g/mol. The quantitative estimate of drug-likeness (QED) is 0.769. The lowest BCUT2D eigenvalue weighted by Crippen LogP contribution is -2.27. The fraction of sp³-hybridized carbons (Fsp3) is 0.200. The Kier molecular flexibility index (Phi) is 4.75. The van der Waals surface area contributed by atoms with Gasteiger partial charge in [0.15, 0.2) is 0 Å². The Morgan fingerprint density at radius 3 is 2.58 bits per heavy atom. The molecule has 3 aromatic rings. The molecule has 122 valence electrons. The summed E-state index contributed by atoms with van der Waals surface area (Å²) >= 11 is 0. The van der Waals surface area contributed by atoms with E-state index in [2.05, 4.69) is 10.3 Å². The number of hydrogen-bond donors (Lipinski definition) is 1. The predicted octanol–water partition coefficient (Wildman–Crippen LogP) is 4.12. The van der Waals surface area contributed by atoms with Crippen molar-refractivity contribution in [3.8, 4) is 5.75 Å². The number of carbonyl (C=O) groups excluding carboxylic acids is 1. The Bertz CT molecular complexity index is 847. The van der Waals surface area contributed by atoms with Gasteiger partial charge in [-0.25, -0.2) is 0 Å². The van der Waals surface area contributed by atoms with E-state index in [4.69, 9.17) is 4.74 Å². The minimum atomic E-state index is -0.152. The molecule has 1 N–H and O–H groups in total. The Morgan fingerprint density at radius 2 is 1.92 bits per heavy atom. The molecule has 0 saturated heterocycles. The monoisotopic (exact) mass is 320 g/mol. The van der Waals surface area contributed by atoms with Gasteiger partial charge < -0.3 is 10.1 Å². The summed E-state index contributed by atoms with van der Waals surface area (Å²) in [4.78, 5) is 16.9. The SMILES string of the molecule is CCOc1cc2ccccc2cc1C(=O)NC(C)c1cccnc1. The highest BCUT2D eigenvalue weighted by atomic mass is 16.5. The van der Waals surface area contributed by atoms with Crippen LogP contribution in [0.5, 0.6) is 5.75 Å². The molecule has 1 heterocycles. The lowest BCUT2D eigenvalue weighted by atomic mass is 10.0. The molecule has 1 amide bonds. The lowest BCUT2D eigenvalue weighted by Gasteiger charge is -2.16. The molecular formula is C20H20N2O2. The normalized spacial score (nSPS) is 11.9. The third-order valence-electron chi connectivity index (χ3n) is 3.92. The number of nitrogens with zero attached hydrogens (tertiary/aromatic N) is 1. The summed E-state index contributed by atoms with van der Waals surface area (Å²) in [5, 5.41) is 5.08. The number of hydrogen-bond acceptors (Lipinski definition) is 3. The van der Waals surface area contributed by atoms with E-state index in [1.165, 1.54) is 0 Å². The van der Waals surface area contributed by atoms with E-state index < -0.39 is 0 Å². The van der Waals surface area contributed by atoms with E-state index in [0.717, 1.165) is 16.3 Å². The highest BCUT2D eigenvalue weighted by molar-refractivity contribution is 6.01. The van der Waals surface area contributed by atoms with Crippen LogP contribution < -0.4 is 10.1 Å². The summed E-state index contributed by atoms with van der Waals surface area (Å²) in [6.45, 7) is 4.36. The van der Waals surface area contributed by atoms with Crippen molar-refractivity contribution in [3.63, 3.8) is 0 Å². The second-order valence-electron chi connectivity index (χ2n) is 5.61. The molecule has 0 radical (unpaired) electrons. The van der Waals surface area contributed by atoms with Gasteiger partial charge in [0, 0.05) is 12.4 Å². The number of amides is 1.